The monoisotopic (exact) mass is 129 g/mol. The van der Waals surface area contributed by atoms with Crippen molar-refractivity contribution < 1.29 is 8.63 Å². The van der Waals surface area contributed by atoms with Gasteiger partial charge in [0.2, 0.25) is 0 Å². The first kappa shape index (κ1) is 6.51. The number of hydrogen-bond acceptors (Lipinski definition) is 3. The summed E-state index contributed by atoms with van der Waals surface area (Å²) in [5, 5.41) is 6.19. The largest absolute Gasteiger partial charge is 0.541 e. The van der Waals surface area contributed by atoms with Gasteiger partial charge in [0, 0.05) is 0 Å². The van der Waals surface area contributed by atoms with Crippen LogP contribution in [0.3, 0.4) is 0 Å². The van der Waals surface area contributed by atoms with Crippen LogP contribution >= 0.6 is 0 Å². The quantitative estimate of drug-likeness (QED) is 0.262. The van der Waals surface area contributed by atoms with Gasteiger partial charge in [0.1, 0.15) is 0 Å². The molecule has 1 saturated heterocycles. The highest BCUT2D eigenvalue weighted by Gasteiger charge is 2.28. The second-order valence-electron chi connectivity index (χ2n) is 1.70. The van der Waals surface area contributed by atoms with Crippen LogP contribution in [0.15, 0.2) is 0 Å². The molecule has 1 aliphatic rings. The SMILES string of the molecule is [CH+]=[B-]1NB(F)NB(F)N1. The van der Waals surface area contributed by atoms with Crippen LogP contribution in [0.1, 0.15) is 0 Å². The van der Waals surface area contributed by atoms with E-state index in [1.807, 2.05) is 5.14 Å². The van der Waals surface area contributed by atoms with Crippen LogP contribution in [0.25, 0.3) is 0 Å². The Hall–Kier alpha value is -0.605. The Labute approximate surface area is 52.7 Å². The third-order valence-corrected chi connectivity index (χ3v) is 0.944. The molecule has 0 aromatic heterocycles. The van der Waals surface area contributed by atoms with Crippen molar-refractivity contribution in [3.8, 4) is 0 Å². The molecule has 0 spiro atoms. The van der Waals surface area contributed by atoms with Crippen molar-refractivity contribution in [3.05, 3.63) is 0 Å². The molecular formula is CH4B3F2N3. The minimum atomic E-state index is -1.57. The van der Waals surface area contributed by atoms with E-state index in [0.29, 0.717) is 0 Å². The van der Waals surface area contributed by atoms with Gasteiger partial charge < -0.3 is 15.4 Å². The Bertz CT molecular complexity index is 118. The molecule has 1 heterocycles. The van der Waals surface area contributed by atoms with Crippen molar-refractivity contribution in [1.82, 2.24) is 15.4 Å². The van der Waals surface area contributed by atoms with Crippen molar-refractivity contribution in [3.63, 3.8) is 0 Å². The van der Waals surface area contributed by atoms with Gasteiger partial charge in [0.25, 0.3) is 0 Å². The molecule has 0 saturated carbocycles. The lowest BCUT2D eigenvalue weighted by molar-refractivity contribution is 0.735. The summed E-state index contributed by atoms with van der Waals surface area (Å²) in [6, 6.07) is 0. The van der Waals surface area contributed by atoms with Crippen LogP contribution in [0.2, 0.25) is 0 Å². The van der Waals surface area contributed by atoms with Gasteiger partial charge in [-0.3, -0.25) is 8.63 Å². The van der Waals surface area contributed by atoms with Gasteiger partial charge in [-0.15, -0.1) is 0 Å². The van der Waals surface area contributed by atoms with E-state index in [-0.39, 0.29) is 0 Å². The summed E-state index contributed by atoms with van der Waals surface area (Å²) >= 11 is 0. The van der Waals surface area contributed by atoms with Crippen LogP contribution in [-0.4, -0.2) is 27.6 Å². The van der Waals surface area contributed by atoms with E-state index in [1.165, 1.54) is 0 Å². The average Bonchev–Trinajstić information content (AvgIpc) is 1.59. The zero-order valence-electron chi connectivity index (χ0n) is 4.57. The lowest BCUT2D eigenvalue weighted by Gasteiger charge is -2.23. The standard InChI is InChI=1S/CH4B3F2N3/c1-2-7-3(5)9-4(6)8-2/h1,7-9H. The van der Waals surface area contributed by atoms with Crippen molar-refractivity contribution >= 4 is 27.6 Å². The minimum Gasteiger partial charge on any atom is -0.541 e. The second kappa shape index (κ2) is 2.33. The van der Waals surface area contributed by atoms with E-state index in [1.54, 1.807) is 0 Å². The molecule has 0 atom stereocenters. The van der Waals surface area contributed by atoms with Crippen LogP contribution in [-0.2, 0) is 0 Å². The third kappa shape index (κ3) is 1.66. The number of nitrogens with one attached hydrogen (secondary N) is 3. The Kier molecular flexibility index (Phi) is 1.69. The molecule has 1 fully saturated rings. The summed E-state index contributed by atoms with van der Waals surface area (Å²) in [6.45, 7) is 4.25. The van der Waals surface area contributed by atoms with Crippen LogP contribution < -0.4 is 15.4 Å². The average molecular weight is 128 g/mol. The smallest absolute Gasteiger partial charge is 0.500 e. The first-order chi connectivity index (χ1) is 4.18. The van der Waals surface area contributed by atoms with Crippen molar-refractivity contribution in [2.45, 2.75) is 0 Å². The second-order valence-corrected chi connectivity index (χ2v) is 1.70. The molecule has 0 amide bonds. The number of halogens is 2. The fourth-order valence-corrected chi connectivity index (χ4v) is 0.588. The first-order valence-electron chi connectivity index (χ1n) is 2.50. The van der Waals surface area contributed by atoms with E-state index in [2.05, 4.69) is 10.3 Å². The van der Waals surface area contributed by atoms with E-state index in [9.17, 15) is 8.63 Å². The van der Waals surface area contributed by atoms with Gasteiger partial charge in [-0.2, -0.15) is 0 Å². The molecule has 0 radical (unpaired) electrons. The highest BCUT2D eigenvalue weighted by Crippen LogP contribution is 1.81. The molecule has 0 aromatic carbocycles. The molecule has 1 rings (SSSR count). The predicted molar refractivity (Wildman–Crippen MR) is 34.9 cm³/mol. The molecule has 0 bridgehead atoms. The zero-order valence-corrected chi connectivity index (χ0v) is 4.57. The first-order valence-corrected chi connectivity index (χ1v) is 2.50. The van der Waals surface area contributed by atoms with Crippen molar-refractivity contribution in [1.29, 1.82) is 0 Å². The fraction of sp³-hybridized carbons (Fsp3) is 0. The minimum absolute atomic E-state index is 0.823. The van der Waals surface area contributed by atoms with E-state index in [0.717, 1.165) is 0 Å². The molecule has 3 nitrogen and oxygen atoms in total. The Morgan fingerprint density at radius 2 is 1.67 bits per heavy atom. The topological polar surface area (TPSA) is 36.1 Å². The number of hydrogen-bond donors (Lipinski definition) is 3. The van der Waals surface area contributed by atoms with Crippen LogP contribution in [0.4, 0.5) is 8.63 Å². The molecule has 46 valence electrons. The Morgan fingerprint density at radius 1 is 1.22 bits per heavy atom. The predicted octanol–water partition coefficient (Wildman–Crippen LogP) is -1.94. The van der Waals surface area contributed by atoms with E-state index < -0.39 is 21.1 Å². The summed E-state index contributed by atoms with van der Waals surface area (Å²) < 4.78 is 24.2. The van der Waals surface area contributed by atoms with Gasteiger partial charge in [-0.05, 0) is 0 Å². The lowest BCUT2D eigenvalue weighted by Crippen LogP contribution is -2.69. The summed E-state index contributed by atoms with van der Waals surface area (Å²) in [4.78, 5) is 0. The maximum atomic E-state index is 12.1. The van der Waals surface area contributed by atoms with Gasteiger partial charge >= 0.3 is 21.1 Å². The normalized spacial score (nSPS) is 19.0. The molecular weight excluding hydrogens is 124 g/mol. The highest BCUT2D eigenvalue weighted by molar-refractivity contribution is 6.83. The summed E-state index contributed by atoms with van der Waals surface area (Å²) in [6.07, 6.45) is 0. The van der Waals surface area contributed by atoms with Crippen LogP contribution in [0, 0.1) is 0 Å². The summed E-state index contributed by atoms with van der Waals surface area (Å²) in [5.41, 5.74) is 0. The Morgan fingerprint density at radius 3 is 2.00 bits per heavy atom. The van der Waals surface area contributed by atoms with Gasteiger partial charge in [-0.25, -0.2) is 0 Å². The van der Waals surface area contributed by atoms with Crippen LogP contribution in [0.5, 0.6) is 0 Å². The molecule has 0 aromatic rings. The lowest BCUT2D eigenvalue weighted by atomic mass is 9.73. The molecule has 0 unspecified atom stereocenters. The molecule has 8 heteroatoms. The summed E-state index contributed by atoms with van der Waals surface area (Å²) in [5.74, 6) is 0. The third-order valence-electron chi connectivity index (χ3n) is 0.944. The van der Waals surface area contributed by atoms with Crippen molar-refractivity contribution in [2.24, 2.45) is 0 Å². The molecule has 3 N–H and O–H groups in total. The zero-order chi connectivity index (χ0) is 6.85. The van der Waals surface area contributed by atoms with Crippen molar-refractivity contribution in [2.75, 3.05) is 0 Å². The Balaban J connectivity index is 2.43. The molecule has 0 aliphatic carbocycles. The van der Waals surface area contributed by atoms with E-state index >= 15 is 0 Å². The van der Waals surface area contributed by atoms with Gasteiger partial charge in [0.15, 0.2) is 0 Å². The maximum Gasteiger partial charge on any atom is 0.500 e. The molecule has 1 aliphatic heterocycles. The van der Waals surface area contributed by atoms with Gasteiger partial charge in [-0.1, -0.05) is 6.47 Å². The van der Waals surface area contributed by atoms with E-state index in [4.69, 9.17) is 6.47 Å². The fourth-order valence-electron chi connectivity index (χ4n) is 0.588. The molecule has 9 heavy (non-hydrogen) atoms. The van der Waals surface area contributed by atoms with Gasteiger partial charge in [0.05, 0.1) is 0 Å². The number of rotatable bonds is 0. The maximum absolute atomic E-state index is 12.1. The highest BCUT2D eigenvalue weighted by atomic mass is 19.1. The summed E-state index contributed by atoms with van der Waals surface area (Å²) in [7, 11) is -3.15.